The van der Waals surface area contributed by atoms with Gasteiger partial charge in [-0.05, 0) is 51.4 Å². The van der Waals surface area contributed by atoms with Crippen molar-refractivity contribution in [3.05, 3.63) is 29.3 Å². The van der Waals surface area contributed by atoms with Crippen LogP contribution in [-0.4, -0.2) is 38.6 Å². The minimum Gasteiger partial charge on any atom is -0.346 e. The molecule has 1 atom stereocenters. The highest BCUT2D eigenvalue weighted by Gasteiger charge is 2.35. The second kappa shape index (κ2) is 6.90. The largest absolute Gasteiger partial charge is 0.346 e. The maximum Gasteiger partial charge on any atom is 0.292 e. The van der Waals surface area contributed by atoms with Crippen LogP contribution in [0.3, 0.4) is 0 Å². The number of rotatable bonds is 4. The lowest BCUT2D eigenvalue weighted by atomic mass is 10.1. The highest BCUT2D eigenvalue weighted by atomic mass is 16.5. The van der Waals surface area contributed by atoms with Crippen LogP contribution in [0.1, 0.15) is 78.8 Å². The number of carbonyl (C=O) groups is 1. The zero-order chi connectivity index (χ0) is 18.2. The lowest BCUT2D eigenvalue weighted by Gasteiger charge is -2.25. The van der Waals surface area contributed by atoms with Crippen molar-refractivity contribution in [1.29, 1.82) is 0 Å². The summed E-state index contributed by atoms with van der Waals surface area (Å²) in [5.41, 5.74) is 2.45. The average Bonchev–Trinajstić information content (AvgIpc) is 3.22. The Bertz CT molecular complexity index is 846. The smallest absolute Gasteiger partial charge is 0.292 e. The molecule has 1 N–H and O–H groups in total. The van der Waals surface area contributed by atoms with E-state index >= 15 is 0 Å². The zero-order valence-electron chi connectivity index (χ0n) is 15.4. The number of carbonyl (C=O) groups excluding carboxylic acids is 1. The predicted octanol–water partition coefficient (Wildman–Crippen LogP) is 2.36. The Hall–Kier alpha value is -2.51. The number of nitrogens with zero attached hydrogens (tertiary/aromatic N) is 5. The number of hydrogen-bond acceptors (Lipinski definition) is 7. The summed E-state index contributed by atoms with van der Waals surface area (Å²) in [7, 11) is 0. The van der Waals surface area contributed by atoms with Crippen molar-refractivity contribution in [3.63, 3.8) is 0 Å². The van der Waals surface area contributed by atoms with Gasteiger partial charge in [-0.1, -0.05) is 11.6 Å². The third-order valence-electron chi connectivity index (χ3n) is 5.72. The molecule has 3 aliphatic rings. The van der Waals surface area contributed by atoms with Crippen molar-refractivity contribution in [2.24, 2.45) is 0 Å². The normalized spacial score (nSPS) is 22.4. The summed E-state index contributed by atoms with van der Waals surface area (Å²) in [5.74, 6) is 1.40. The summed E-state index contributed by atoms with van der Waals surface area (Å²) >= 11 is 0. The van der Waals surface area contributed by atoms with Crippen LogP contribution in [0.15, 0.2) is 10.9 Å². The Morgan fingerprint density at radius 3 is 2.89 bits per heavy atom. The molecule has 1 saturated carbocycles. The molecule has 2 aromatic rings. The average molecular weight is 368 g/mol. The van der Waals surface area contributed by atoms with Crippen molar-refractivity contribution in [2.75, 3.05) is 11.4 Å². The van der Waals surface area contributed by atoms with Crippen LogP contribution in [0.4, 0.5) is 5.82 Å². The highest BCUT2D eigenvalue weighted by molar-refractivity contribution is 5.90. The number of aryl methyl sites for hydroxylation is 1. The summed E-state index contributed by atoms with van der Waals surface area (Å²) < 4.78 is 5.49. The number of aromatic nitrogens is 4. The molecule has 1 aliphatic heterocycles. The number of amides is 1. The van der Waals surface area contributed by atoms with Gasteiger partial charge >= 0.3 is 0 Å². The summed E-state index contributed by atoms with van der Waals surface area (Å²) in [6.45, 7) is 0.903. The molecule has 0 unspecified atom stereocenters. The minimum absolute atomic E-state index is 0.0257. The maximum absolute atomic E-state index is 12.2. The van der Waals surface area contributed by atoms with E-state index in [1.165, 1.54) is 30.5 Å². The van der Waals surface area contributed by atoms with Crippen LogP contribution in [0.25, 0.3) is 0 Å². The Morgan fingerprint density at radius 1 is 1.11 bits per heavy atom. The summed E-state index contributed by atoms with van der Waals surface area (Å²) in [5, 5.41) is 6.82. The third kappa shape index (κ3) is 3.28. The fourth-order valence-electron chi connectivity index (χ4n) is 4.15. The fourth-order valence-corrected chi connectivity index (χ4v) is 4.15. The maximum atomic E-state index is 12.2. The molecule has 0 spiro atoms. The SMILES string of the molecule is O=C(NC1CC1)c1noc([C@H]2CCCN2c2ncnc3c2CCCCC3)n1. The molecule has 8 heteroatoms. The van der Waals surface area contributed by atoms with Crippen LogP contribution in [-0.2, 0) is 12.8 Å². The lowest BCUT2D eigenvalue weighted by molar-refractivity contribution is 0.0937. The van der Waals surface area contributed by atoms with E-state index in [4.69, 9.17) is 4.52 Å². The summed E-state index contributed by atoms with van der Waals surface area (Å²) in [6.07, 6.45) is 11.4. The second-order valence-electron chi connectivity index (χ2n) is 7.74. The van der Waals surface area contributed by atoms with Gasteiger partial charge in [0.1, 0.15) is 18.2 Å². The molecule has 2 fully saturated rings. The molecule has 5 rings (SSSR count). The third-order valence-corrected chi connectivity index (χ3v) is 5.72. The number of anilines is 1. The monoisotopic (exact) mass is 368 g/mol. The molecule has 0 radical (unpaired) electrons. The highest BCUT2D eigenvalue weighted by Crippen LogP contribution is 2.37. The molecular formula is C19H24N6O2. The van der Waals surface area contributed by atoms with E-state index in [-0.39, 0.29) is 23.8 Å². The molecule has 0 aromatic carbocycles. The van der Waals surface area contributed by atoms with Gasteiger partial charge in [-0.2, -0.15) is 4.98 Å². The summed E-state index contributed by atoms with van der Waals surface area (Å²) in [6, 6.07) is 0.251. The van der Waals surface area contributed by atoms with Crippen LogP contribution < -0.4 is 10.2 Å². The van der Waals surface area contributed by atoms with Crippen LogP contribution in [0.2, 0.25) is 0 Å². The van der Waals surface area contributed by atoms with E-state index in [0.29, 0.717) is 5.89 Å². The Morgan fingerprint density at radius 2 is 2.00 bits per heavy atom. The van der Waals surface area contributed by atoms with E-state index in [1.807, 2.05) is 0 Å². The standard InChI is InChI=1S/C19H24N6O2/c26-18(22-12-8-9-12)16-23-19(27-24-16)15-7-4-10-25(15)17-13-5-2-1-3-6-14(13)20-11-21-17/h11-12,15H,1-10H2,(H,22,26)/t15-/m1/s1. The van der Waals surface area contributed by atoms with Gasteiger partial charge in [0.2, 0.25) is 5.89 Å². The van der Waals surface area contributed by atoms with Crippen molar-refractivity contribution in [1.82, 2.24) is 25.4 Å². The van der Waals surface area contributed by atoms with E-state index in [0.717, 1.165) is 50.9 Å². The van der Waals surface area contributed by atoms with E-state index < -0.39 is 0 Å². The van der Waals surface area contributed by atoms with Gasteiger partial charge in [-0.25, -0.2) is 9.97 Å². The number of hydrogen-bond donors (Lipinski definition) is 1. The first kappa shape index (κ1) is 16.6. The predicted molar refractivity (Wildman–Crippen MR) is 97.4 cm³/mol. The van der Waals surface area contributed by atoms with Crippen molar-refractivity contribution in [2.45, 2.75) is 69.9 Å². The Kier molecular flexibility index (Phi) is 4.26. The van der Waals surface area contributed by atoms with Gasteiger partial charge in [0.25, 0.3) is 11.7 Å². The van der Waals surface area contributed by atoms with Crippen LogP contribution in [0, 0.1) is 0 Å². The van der Waals surface area contributed by atoms with Gasteiger partial charge in [-0.15, -0.1) is 0 Å². The first-order valence-corrected chi connectivity index (χ1v) is 10.0. The van der Waals surface area contributed by atoms with Gasteiger partial charge in [0.05, 0.1) is 0 Å². The molecule has 27 heavy (non-hydrogen) atoms. The molecule has 1 amide bonds. The van der Waals surface area contributed by atoms with E-state index in [9.17, 15) is 4.79 Å². The van der Waals surface area contributed by atoms with Gasteiger partial charge in [0.15, 0.2) is 0 Å². The molecule has 2 aromatic heterocycles. The fraction of sp³-hybridized carbons (Fsp3) is 0.632. The van der Waals surface area contributed by atoms with E-state index in [1.54, 1.807) is 6.33 Å². The van der Waals surface area contributed by atoms with E-state index in [2.05, 4.69) is 30.3 Å². The Balaban J connectivity index is 1.41. The molecular weight excluding hydrogens is 344 g/mol. The Labute approximate surface area is 157 Å². The first-order valence-electron chi connectivity index (χ1n) is 10.0. The van der Waals surface area contributed by atoms with Gasteiger partial charge < -0.3 is 14.7 Å². The first-order chi connectivity index (χ1) is 13.3. The van der Waals surface area contributed by atoms with Gasteiger partial charge in [0, 0.05) is 23.8 Å². The number of nitrogens with one attached hydrogen (secondary N) is 1. The molecule has 1 saturated heterocycles. The lowest BCUT2D eigenvalue weighted by Crippen LogP contribution is -2.27. The van der Waals surface area contributed by atoms with Crippen molar-refractivity contribution < 1.29 is 9.32 Å². The van der Waals surface area contributed by atoms with Crippen LogP contribution >= 0.6 is 0 Å². The molecule has 0 bridgehead atoms. The number of fused-ring (bicyclic) bond motifs is 1. The van der Waals surface area contributed by atoms with Crippen molar-refractivity contribution in [3.8, 4) is 0 Å². The minimum atomic E-state index is -0.243. The second-order valence-corrected chi connectivity index (χ2v) is 7.74. The molecule has 142 valence electrons. The zero-order valence-corrected chi connectivity index (χ0v) is 15.4. The summed E-state index contributed by atoms with van der Waals surface area (Å²) in [4.78, 5) is 28.0. The quantitative estimate of drug-likeness (QED) is 0.827. The van der Waals surface area contributed by atoms with Crippen LogP contribution in [0.5, 0.6) is 0 Å². The topological polar surface area (TPSA) is 97.0 Å². The molecule has 8 nitrogen and oxygen atoms in total. The van der Waals surface area contributed by atoms with Gasteiger partial charge in [-0.3, -0.25) is 4.79 Å². The van der Waals surface area contributed by atoms with Crippen molar-refractivity contribution >= 4 is 11.7 Å². The molecule has 2 aliphatic carbocycles. The molecule has 3 heterocycles.